The zero-order valence-corrected chi connectivity index (χ0v) is 18.5. The fraction of sp³-hybridized carbons (Fsp3) is 0.200. The largest absolute Gasteiger partial charge is 0.306 e. The lowest BCUT2D eigenvalue weighted by atomic mass is 10.00. The van der Waals surface area contributed by atoms with Crippen LogP contribution in [0.5, 0.6) is 0 Å². The molecule has 0 saturated heterocycles. The molecule has 6 rings (SSSR count). The van der Waals surface area contributed by atoms with E-state index in [4.69, 9.17) is 0 Å². The number of aryl methyl sites for hydroxylation is 2. The highest BCUT2D eigenvalue weighted by atomic mass is 28.3. The maximum atomic E-state index is 4.48. The lowest BCUT2D eigenvalue weighted by molar-refractivity contribution is -0.643. The molecule has 0 aliphatic carbocycles. The number of rotatable bonds is 1. The summed E-state index contributed by atoms with van der Waals surface area (Å²) in [5.41, 5.74) is 6.46. The maximum Gasteiger partial charge on any atom is 0.224 e. The minimum Gasteiger partial charge on any atom is -0.306 e. The second kappa shape index (κ2) is 5.33. The van der Waals surface area contributed by atoms with E-state index in [1.54, 1.807) is 0 Å². The highest BCUT2D eigenvalue weighted by Gasteiger charge is 2.26. The zero-order chi connectivity index (χ0) is 20.1. The Morgan fingerprint density at radius 2 is 1.76 bits per heavy atom. The summed E-state index contributed by atoms with van der Waals surface area (Å²) in [4.78, 5) is 4.48. The van der Waals surface area contributed by atoms with Crippen molar-refractivity contribution in [3.05, 3.63) is 60.6 Å². The predicted octanol–water partition coefficient (Wildman–Crippen LogP) is 5.06. The van der Waals surface area contributed by atoms with Crippen LogP contribution in [0.2, 0.25) is 19.6 Å². The second-order valence-corrected chi connectivity index (χ2v) is 14.4. The lowest BCUT2D eigenvalue weighted by Crippen LogP contribution is -2.38. The fourth-order valence-electron chi connectivity index (χ4n) is 5.00. The SMILES string of the molecule is Cc1ccc2c3ccncc3n3c4cc([Si](C)(C)C)cc5cc[n+](C)c(c1c23)c54. The third kappa shape index (κ3) is 2.07. The highest BCUT2D eigenvalue weighted by Crippen LogP contribution is 2.40. The molecule has 6 aromatic rings. The van der Waals surface area contributed by atoms with Crippen LogP contribution < -0.4 is 9.75 Å². The van der Waals surface area contributed by atoms with E-state index in [0.29, 0.717) is 0 Å². The van der Waals surface area contributed by atoms with Crippen LogP contribution >= 0.6 is 0 Å². The van der Waals surface area contributed by atoms with Gasteiger partial charge in [-0.3, -0.25) is 4.98 Å². The van der Waals surface area contributed by atoms with Crippen LogP contribution in [0.3, 0.4) is 0 Å². The van der Waals surface area contributed by atoms with Crippen LogP contribution in [0, 0.1) is 6.92 Å². The van der Waals surface area contributed by atoms with E-state index in [2.05, 4.69) is 90.2 Å². The summed E-state index contributed by atoms with van der Waals surface area (Å²) in [6, 6.07) is 13.9. The van der Waals surface area contributed by atoms with Crippen molar-refractivity contribution < 1.29 is 4.57 Å². The highest BCUT2D eigenvalue weighted by molar-refractivity contribution is 6.89. The number of benzene rings is 2. The van der Waals surface area contributed by atoms with Crippen LogP contribution in [-0.2, 0) is 7.05 Å². The molecule has 0 amide bonds. The molecule has 0 N–H and O–H groups in total. The van der Waals surface area contributed by atoms with Gasteiger partial charge in [-0.25, -0.2) is 4.57 Å². The van der Waals surface area contributed by atoms with E-state index in [9.17, 15) is 0 Å². The molecule has 3 nitrogen and oxygen atoms in total. The summed E-state index contributed by atoms with van der Waals surface area (Å²) in [7, 11) is 0.696. The van der Waals surface area contributed by atoms with E-state index in [1.807, 2.05) is 12.4 Å². The normalized spacial score (nSPS) is 13.0. The quantitative estimate of drug-likeness (QED) is 0.165. The van der Waals surface area contributed by atoms with E-state index < -0.39 is 8.07 Å². The van der Waals surface area contributed by atoms with Gasteiger partial charge in [0.25, 0.3) is 0 Å². The number of aromatic nitrogens is 3. The van der Waals surface area contributed by atoms with Gasteiger partial charge in [-0.1, -0.05) is 43.0 Å². The van der Waals surface area contributed by atoms with Gasteiger partial charge >= 0.3 is 0 Å². The molecule has 0 aliphatic rings. The van der Waals surface area contributed by atoms with Gasteiger partial charge in [-0.2, -0.15) is 0 Å². The van der Waals surface area contributed by atoms with Gasteiger partial charge in [0.15, 0.2) is 6.20 Å². The van der Waals surface area contributed by atoms with Crippen molar-refractivity contribution in [3.63, 3.8) is 0 Å². The Bertz CT molecular complexity index is 1600. The summed E-state index contributed by atoms with van der Waals surface area (Å²) < 4.78 is 4.76. The van der Waals surface area contributed by atoms with Crippen LogP contribution in [0.25, 0.3) is 49.0 Å². The topological polar surface area (TPSA) is 21.2 Å². The third-order valence-electron chi connectivity index (χ3n) is 6.50. The Balaban J connectivity index is 2.08. The van der Waals surface area contributed by atoms with Crippen molar-refractivity contribution in [3.8, 4) is 0 Å². The number of nitrogens with zero attached hydrogens (tertiary/aromatic N) is 3. The van der Waals surface area contributed by atoms with Crippen LogP contribution in [0.4, 0.5) is 0 Å². The fourth-order valence-corrected chi connectivity index (χ4v) is 6.15. The molecule has 4 heteroatoms. The zero-order valence-electron chi connectivity index (χ0n) is 17.5. The molecule has 4 aromatic heterocycles. The number of hydrogen-bond donors (Lipinski definition) is 0. The van der Waals surface area contributed by atoms with Crippen molar-refractivity contribution >= 4 is 62.3 Å². The van der Waals surface area contributed by atoms with Crippen molar-refractivity contribution in [2.45, 2.75) is 26.6 Å². The standard InChI is InChI=1S/C25H24N3Si/c1-15-6-7-19-18-8-10-26-14-21(18)28-20-13-17(29(3,4)5)12-16-9-11-27(2)25(23(16)20)22(15)24(19)28/h6-14H,1-5H3/q+1. The van der Waals surface area contributed by atoms with Gasteiger partial charge in [-0.15, -0.1) is 0 Å². The number of fused-ring (bicyclic) bond motifs is 5. The van der Waals surface area contributed by atoms with Crippen molar-refractivity contribution in [2.75, 3.05) is 0 Å². The number of hydrogen-bond acceptors (Lipinski definition) is 1. The first-order chi connectivity index (χ1) is 13.9. The van der Waals surface area contributed by atoms with Crippen LogP contribution in [-0.4, -0.2) is 17.5 Å². The van der Waals surface area contributed by atoms with Gasteiger partial charge in [0.2, 0.25) is 5.52 Å². The van der Waals surface area contributed by atoms with E-state index in [-0.39, 0.29) is 0 Å². The summed E-state index contributed by atoms with van der Waals surface area (Å²) in [6.07, 6.45) is 6.15. The molecule has 0 fully saturated rings. The number of pyridine rings is 3. The molecule has 0 bridgehead atoms. The molecular weight excluding hydrogens is 370 g/mol. The Morgan fingerprint density at radius 3 is 2.55 bits per heavy atom. The van der Waals surface area contributed by atoms with E-state index >= 15 is 0 Å². The Hall–Kier alpha value is -2.98. The predicted molar refractivity (Wildman–Crippen MR) is 125 cm³/mol. The van der Waals surface area contributed by atoms with Crippen LogP contribution in [0.15, 0.2) is 55.0 Å². The van der Waals surface area contributed by atoms with Crippen molar-refractivity contribution in [1.82, 2.24) is 9.38 Å². The lowest BCUT2D eigenvalue weighted by Gasteiger charge is -2.20. The van der Waals surface area contributed by atoms with E-state index in [1.165, 1.54) is 59.7 Å². The molecule has 2 aromatic carbocycles. The molecule has 142 valence electrons. The molecule has 29 heavy (non-hydrogen) atoms. The minimum absolute atomic E-state index is 1.19. The van der Waals surface area contributed by atoms with Crippen molar-refractivity contribution in [2.24, 2.45) is 7.05 Å². The summed E-state index contributed by atoms with van der Waals surface area (Å²) in [6.45, 7) is 9.51. The van der Waals surface area contributed by atoms with Gasteiger partial charge in [0.05, 0.1) is 41.6 Å². The molecule has 4 heterocycles. The third-order valence-corrected chi connectivity index (χ3v) is 8.52. The smallest absolute Gasteiger partial charge is 0.224 e. The average molecular weight is 395 g/mol. The van der Waals surface area contributed by atoms with Gasteiger partial charge in [0, 0.05) is 23.0 Å². The van der Waals surface area contributed by atoms with E-state index in [0.717, 1.165) is 0 Å². The molecule has 0 radical (unpaired) electrons. The van der Waals surface area contributed by atoms with Gasteiger partial charge in [0.1, 0.15) is 7.05 Å². The monoisotopic (exact) mass is 394 g/mol. The van der Waals surface area contributed by atoms with Gasteiger partial charge in [-0.05, 0) is 30.0 Å². The van der Waals surface area contributed by atoms with Gasteiger partial charge < -0.3 is 4.40 Å². The first-order valence-corrected chi connectivity index (χ1v) is 13.7. The van der Waals surface area contributed by atoms with Crippen molar-refractivity contribution in [1.29, 1.82) is 0 Å². The Kier molecular flexibility index (Phi) is 3.11. The summed E-state index contributed by atoms with van der Waals surface area (Å²) >= 11 is 0. The maximum absolute atomic E-state index is 4.48. The van der Waals surface area contributed by atoms with Crippen LogP contribution in [0.1, 0.15) is 5.56 Å². The molecule has 0 atom stereocenters. The Morgan fingerprint density at radius 1 is 0.931 bits per heavy atom. The summed E-state index contributed by atoms with van der Waals surface area (Å²) in [5, 5.41) is 8.11. The molecule has 0 unspecified atom stereocenters. The molecule has 0 saturated carbocycles. The minimum atomic E-state index is -1.47. The second-order valence-electron chi connectivity index (χ2n) is 9.37. The first-order valence-electron chi connectivity index (χ1n) is 10.2. The molecular formula is C25H24N3Si+. The average Bonchev–Trinajstić information content (AvgIpc) is 3.02. The molecule has 0 spiro atoms. The summed E-state index contributed by atoms with van der Waals surface area (Å²) in [5.74, 6) is 0. The molecule has 0 aliphatic heterocycles. The Labute approximate surface area is 170 Å². The first kappa shape index (κ1) is 16.9.